The standard InChI is InChI=1S/C25H36O6/c1-14(26)31-17-6-8-23(2)16(11-17)4-5-19-20(23)12-21(27)24(3)18(7-9-25(19,24)29)15-10-22(28)30-13-15/h10,16-21,27,29H,4-9,11-13H2,1-3H3/t16-,17+,18-,19?,20?,21-,23+,24+,25+/m1/s1. The molecule has 0 amide bonds. The number of cyclic esters (lactones) is 1. The molecule has 6 heteroatoms. The van der Waals surface area contributed by atoms with Crippen LogP contribution in [0.25, 0.3) is 0 Å². The summed E-state index contributed by atoms with van der Waals surface area (Å²) in [6.45, 7) is 6.15. The van der Waals surface area contributed by atoms with Crippen LogP contribution in [0.15, 0.2) is 11.6 Å². The van der Waals surface area contributed by atoms with Gasteiger partial charge in [-0.15, -0.1) is 0 Å². The predicted molar refractivity (Wildman–Crippen MR) is 113 cm³/mol. The minimum Gasteiger partial charge on any atom is -0.463 e. The number of aliphatic hydroxyl groups excluding tert-OH is 1. The Balaban J connectivity index is 1.44. The van der Waals surface area contributed by atoms with Gasteiger partial charge in [0, 0.05) is 18.4 Å². The van der Waals surface area contributed by atoms with Crippen molar-refractivity contribution in [3.05, 3.63) is 11.6 Å². The fourth-order valence-electron chi connectivity index (χ4n) is 8.69. The van der Waals surface area contributed by atoms with Crippen LogP contribution in [0.5, 0.6) is 0 Å². The molecular formula is C25H36O6. The van der Waals surface area contributed by atoms with Crippen molar-refractivity contribution in [2.45, 2.75) is 89.9 Å². The van der Waals surface area contributed by atoms with E-state index in [9.17, 15) is 19.8 Å². The molecule has 0 bridgehead atoms. The van der Waals surface area contributed by atoms with Gasteiger partial charge in [0.25, 0.3) is 0 Å². The number of carbonyl (C=O) groups excluding carboxylic acids is 2. The third-order valence-corrected chi connectivity index (χ3v) is 10.4. The highest BCUT2D eigenvalue weighted by Crippen LogP contribution is 2.69. The summed E-state index contributed by atoms with van der Waals surface area (Å²) in [6.07, 6.45) is 7.77. The third kappa shape index (κ3) is 2.90. The van der Waals surface area contributed by atoms with Crippen molar-refractivity contribution in [1.29, 1.82) is 0 Å². The molecule has 0 radical (unpaired) electrons. The van der Waals surface area contributed by atoms with Gasteiger partial charge in [-0.2, -0.15) is 0 Å². The summed E-state index contributed by atoms with van der Waals surface area (Å²) in [5, 5.41) is 23.8. The molecule has 5 rings (SSSR count). The molecule has 1 aliphatic heterocycles. The van der Waals surface area contributed by atoms with Gasteiger partial charge in [-0.1, -0.05) is 13.8 Å². The van der Waals surface area contributed by atoms with E-state index in [1.807, 2.05) is 6.92 Å². The van der Waals surface area contributed by atoms with Crippen LogP contribution in [0.3, 0.4) is 0 Å². The lowest BCUT2D eigenvalue weighted by molar-refractivity contribution is -0.245. The Morgan fingerprint density at radius 3 is 2.58 bits per heavy atom. The molecule has 5 aliphatic rings. The van der Waals surface area contributed by atoms with Gasteiger partial charge in [0.15, 0.2) is 0 Å². The Kier molecular flexibility index (Phi) is 4.88. The summed E-state index contributed by atoms with van der Waals surface area (Å²) in [5.41, 5.74) is -0.622. The Bertz CT molecular complexity index is 821. The van der Waals surface area contributed by atoms with Gasteiger partial charge in [-0.25, -0.2) is 4.79 Å². The van der Waals surface area contributed by atoms with Gasteiger partial charge in [0.1, 0.15) is 12.7 Å². The fourth-order valence-corrected chi connectivity index (χ4v) is 8.69. The monoisotopic (exact) mass is 432 g/mol. The number of esters is 2. The summed E-state index contributed by atoms with van der Waals surface area (Å²) < 4.78 is 10.7. The molecular weight excluding hydrogens is 396 g/mol. The summed E-state index contributed by atoms with van der Waals surface area (Å²) >= 11 is 0. The first-order valence-electron chi connectivity index (χ1n) is 12.0. The second-order valence-corrected chi connectivity index (χ2v) is 11.4. The summed E-state index contributed by atoms with van der Waals surface area (Å²) in [6, 6.07) is 0. The van der Waals surface area contributed by atoms with E-state index in [4.69, 9.17) is 9.47 Å². The Hall–Kier alpha value is -1.40. The summed E-state index contributed by atoms with van der Waals surface area (Å²) in [5.74, 6) is 0.316. The van der Waals surface area contributed by atoms with E-state index in [0.717, 1.165) is 44.1 Å². The average Bonchev–Trinajstić information content (AvgIpc) is 3.24. The third-order valence-electron chi connectivity index (χ3n) is 10.4. The van der Waals surface area contributed by atoms with Gasteiger partial charge in [-0.3, -0.25) is 4.79 Å². The second kappa shape index (κ2) is 7.05. The molecule has 9 atom stereocenters. The SMILES string of the molecule is CC(=O)O[C@H]1CC[C@]2(C)C3C[C@@H](O)[C@]4(C)[C@@H](C5=CC(=O)OC5)CC[C@]4(O)C3CC[C@@H]2C1. The van der Waals surface area contributed by atoms with Crippen molar-refractivity contribution in [2.75, 3.05) is 6.61 Å². The highest BCUT2D eigenvalue weighted by molar-refractivity contribution is 5.85. The topological polar surface area (TPSA) is 93.1 Å². The predicted octanol–water partition coefficient (Wildman–Crippen LogP) is 3.15. The first-order valence-corrected chi connectivity index (χ1v) is 12.0. The van der Waals surface area contributed by atoms with Crippen LogP contribution in [0.2, 0.25) is 0 Å². The number of hydrogen-bond donors (Lipinski definition) is 2. The van der Waals surface area contributed by atoms with E-state index in [-0.39, 0.29) is 47.8 Å². The zero-order chi connectivity index (χ0) is 22.2. The van der Waals surface area contributed by atoms with Crippen LogP contribution < -0.4 is 0 Å². The van der Waals surface area contributed by atoms with Gasteiger partial charge in [0.05, 0.1) is 11.7 Å². The molecule has 0 aromatic heterocycles. The minimum atomic E-state index is -0.937. The smallest absolute Gasteiger partial charge is 0.331 e. The van der Waals surface area contributed by atoms with Crippen LogP contribution in [0, 0.1) is 34.5 Å². The van der Waals surface area contributed by atoms with Crippen molar-refractivity contribution in [3.8, 4) is 0 Å². The van der Waals surface area contributed by atoms with Crippen LogP contribution in [0.1, 0.15) is 72.1 Å². The molecule has 1 heterocycles. The highest BCUT2D eigenvalue weighted by atomic mass is 16.5. The van der Waals surface area contributed by atoms with E-state index >= 15 is 0 Å². The second-order valence-electron chi connectivity index (χ2n) is 11.4. The van der Waals surface area contributed by atoms with Crippen molar-refractivity contribution >= 4 is 11.9 Å². The molecule has 4 aliphatic carbocycles. The molecule has 2 N–H and O–H groups in total. The summed E-state index contributed by atoms with van der Waals surface area (Å²) in [4.78, 5) is 23.2. The molecule has 4 fully saturated rings. The molecule has 0 saturated heterocycles. The number of hydrogen-bond acceptors (Lipinski definition) is 6. The molecule has 6 nitrogen and oxygen atoms in total. The van der Waals surface area contributed by atoms with Gasteiger partial charge >= 0.3 is 11.9 Å². The van der Waals surface area contributed by atoms with E-state index < -0.39 is 17.1 Å². The van der Waals surface area contributed by atoms with Crippen LogP contribution in [-0.4, -0.2) is 46.6 Å². The molecule has 0 aromatic rings. The molecule has 2 unspecified atom stereocenters. The molecule has 0 spiro atoms. The molecule has 4 saturated carbocycles. The highest BCUT2D eigenvalue weighted by Gasteiger charge is 2.70. The van der Waals surface area contributed by atoms with Gasteiger partial charge < -0.3 is 19.7 Å². The van der Waals surface area contributed by atoms with E-state index in [1.54, 1.807) is 6.08 Å². The van der Waals surface area contributed by atoms with Crippen LogP contribution in [0.4, 0.5) is 0 Å². The lowest BCUT2D eigenvalue weighted by atomic mass is 9.42. The van der Waals surface area contributed by atoms with E-state index in [1.165, 1.54) is 6.92 Å². The fraction of sp³-hybridized carbons (Fsp3) is 0.840. The number of carbonyl (C=O) groups is 2. The van der Waals surface area contributed by atoms with E-state index in [0.29, 0.717) is 18.8 Å². The largest absolute Gasteiger partial charge is 0.463 e. The number of aliphatic hydroxyl groups is 2. The van der Waals surface area contributed by atoms with Crippen LogP contribution in [-0.2, 0) is 19.1 Å². The molecule has 172 valence electrons. The van der Waals surface area contributed by atoms with Crippen molar-refractivity contribution in [2.24, 2.45) is 34.5 Å². The van der Waals surface area contributed by atoms with Gasteiger partial charge in [-0.05, 0) is 86.0 Å². The van der Waals surface area contributed by atoms with E-state index in [2.05, 4.69) is 6.92 Å². The quantitative estimate of drug-likeness (QED) is 0.651. The summed E-state index contributed by atoms with van der Waals surface area (Å²) in [7, 11) is 0. The lowest BCUT2D eigenvalue weighted by Gasteiger charge is -2.65. The zero-order valence-corrected chi connectivity index (χ0v) is 18.9. The van der Waals surface area contributed by atoms with Crippen molar-refractivity contribution in [1.82, 2.24) is 0 Å². The first-order chi connectivity index (χ1) is 14.6. The Labute approximate surface area is 184 Å². The number of rotatable bonds is 2. The number of fused-ring (bicyclic) bond motifs is 5. The van der Waals surface area contributed by atoms with Crippen LogP contribution >= 0.6 is 0 Å². The zero-order valence-electron chi connectivity index (χ0n) is 18.9. The van der Waals surface area contributed by atoms with Crippen molar-refractivity contribution < 1.29 is 29.3 Å². The molecule has 0 aromatic carbocycles. The Morgan fingerprint density at radius 2 is 1.90 bits per heavy atom. The van der Waals surface area contributed by atoms with Crippen molar-refractivity contribution in [3.63, 3.8) is 0 Å². The minimum absolute atomic E-state index is 0.00306. The molecule has 31 heavy (non-hydrogen) atoms. The average molecular weight is 433 g/mol. The maximum atomic E-state index is 12.2. The maximum absolute atomic E-state index is 12.2. The maximum Gasteiger partial charge on any atom is 0.331 e. The lowest BCUT2D eigenvalue weighted by Crippen LogP contribution is -2.67. The number of ether oxygens (including phenoxy) is 2. The van der Waals surface area contributed by atoms with Gasteiger partial charge in [0.2, 0.25) is 0 Å². The Morgan fingerprint density at radius 1 is 1.13 bits per heavy atom. The first kappa shape index (κ1) is 21.4. The normalized spacial score (nSPS) is 51.3.